The van der Waals surface area contributed by atoms with E-state index in [-0.39, 0.29) is 5.91 Å². The quantitative estimate of drug-likeness (QED) is 0.693. The van der Waals surface area contributed by atoms with Crippen molar-refractivity contribution >= 4 is 34.0 Å². The van der Waals surface area contributed by atoms with E-state index in [0.29, 0.717) is 28.0 Å². The molecule has 25 heavy (non-hydrogen) atoms. The van der Waals surface area contributed by atoms with Gasteiger partial charge in [-0.3, -0.25) is 4.79 Å². The molecular formula is C18H16ClN3O2S. The fourth-order valence-corrected chi connectivity index (χ4v) is 3.33. The Morgan fingerprint density at radius 2 is 1.92 bits per heavy atom. The van der Waals surface area contributed by atoms with Crippen LogP contribution >= 0.6 is 22.9 Å². The van der Waals surface area contributed by atoms with Crippen LogP contribution in [0.25, 0.3) is 10.6 Å². The summed E-state index contributed by atoms with van der Waals surface area (Å²) >= 11 is 7.46. The highest BCUT2D eigenvalue weighted by Gasteiger charge is 2.11. The van der Waals surface area contributed by atoms with Crippen molar-refractivity contribution in [3.63, 3.8) is 0 Å². The van der Waals surface area contributed by atoms with Crippen LogP contribution in [0.1, 0.15) is 12.0 Å². The zero-order valence-electron chi connectivity index (χ0n) is 13.5. The zero-order valence-corrected chi connectivity index (χ0v) is 15.1. The van der Waals surface area contributed by atoms with E-state index in [0.717, 1.165) is 16.9 Å². The largest absolute Gasteiger partial charge is 0.497 e. The highest BCUT2D eigenvalue weighted by Crippen LogP contribution is 2.31. The van der Waals surface area contributed by atoms with Gasteiger partial charge in [-0.1, -0.05) is 53.3 Å². The molecule has 5 nitrogen and oxygen atoms in total. The van der Waals surface area contributed by atoms with Gasteiger partial charge in [-0.15, -0.1) is 10.2 Å². The summed E-state index contributed by atoms with van der Waals surface area (Å²) in [6.45, 7) is 0. The number of carbonyl (C=O) groups is 1. The van der Waals surface area contributed by atoms with Gasteiger partial charge >= 0.3 is 0 Å². The van der Waals surface area contributed by atoms with E-state index in [9.17, 15) is 4.79 Å². The highest BCUT2D eigenvalue weighted by atomic mass is 35.5. The molecule has 0 aliphatic heterocycles. The molecule has 3 rings (SSSR count). The molecule has 0 radical (unpaired) electrons. The number of hydrogen-bond acceptors (Lipinski definition) is 5. The lowest BCUT2D eigenvalue weighted by Crippen LogP contribution is -2.12. The third kappa shape index (κ3) is 4.55. The van der Waals surface area contributed by atoms with E-state index >= 15 is 0 Å². The van der Waals surface area contributed by atoms with Gasteiger partial charge in [-0.05, 0) is 30.2 Å². The monoisotopic (exact) mass is 373 g/mol. The number of benzene rings is 2. The highest BCUT2D eigenvalue weighted by molar-refractivity contribution is 7.18. The lowest BCUT2D eigenvalue weighted by molar-refractivity contribution is -0.116. The molecule has 2 aromatic carbocycles. The Labute approximate surface area is 154 Å². The molecule has 0 saturated heterocycles. The lowest BCUT2D eigenvalue weighted by Gasteiger charge is -2.03. The molecule has 0 fully saturated rings. The SMILES string of the molecule is COc1ccc(CCC(=O)Nc2nnc(-c3ccccc3Cl)s2)cc1. The van der Waals surface area contributed by atoms with Crippen molar-refractivity contribution in [1.82, 2.24) is 10.2 Å². The van der Waals surface area contributed by atoms with E-state index < -0.39 is 0 Å². The minimum atomic E-state index is -0.0994. The number of methoxy groups -OCH3 is 1. The molecule has 0 saturated carbocycles. The molecule has 1 heterocycles. The fourth-order valence-electron chi connectivity index (χ4n) is 2.25. The molecule has 1 aromatic heterocycles. The minimum Gasteiger partial charge on any atom is -0.497 e. The van der Waals surface area contributed by atoms with E-state index in [1.54, 1.807) is 13.2 Å². The average Bonchev–Trinajstić information content (AvgIpc) is 3.09. The first-order valence-electron chi connectivity index (χ1n) is 7.67. The molecule has 128 valence electrons. The van der Waals surface area contributed by atoms with E-state index in [1.165, 1.54) is 11.3 Å². The summed E-state index contributed by atoms with van der Waals surface area (Å²) in [4.78, 5) is 12.1. The molecule has 0 spiro atoms. The first-order chi connectivity index (χ1) is 12.2. The van der Waals surface area contributed by atoms with E-state index in [2.05, 4.69) is 15.5 Å². The van der Waals surface area contributed by atoms with Crippen LogP contribution in [0, 0.1) is 0 Å². The van der Waals surface area contributed by atoms with Gasteiger partial charge in [0.05, 0.1) is 12.1 Å². The maximum atomic E-state index is 12.1. The summed E-state index contributed by atoms with van der Waals surface area (Å²) < 4.78 is 5.12. The Morgan fingerprint density at radius 1 is 1.16 bits per heavy atom. The molecule has 3 aromatic rings. The van der Waals surface area contributed by atoms with Crippen molar-refractivity contribution in [1.29, 1.82) is 0 Å². The number of amides is 1. The number of aryl methyl sites for hydroxylation is 1. The summed E-state index contributed by atoms with van der Waals surface area (Å²) in [7, 11) is 1.63. The minimum absolute atomic E-state index is 0.0994. The van der Waals surface area contributed by atoms with Gasteiger partial charge in [-0.2, -0.15) is 0 Å². The number of nitrogens with one attached hydrogen (secondary N) is 1. The number of nitrogens with zero attached hydrogens (tertiary/aromatic N) is 2. The summed E-state index contributed by atoms with van der Waals surface area (Å²) in [6, 6.07) is 15.1. The van der Waals surface area contributed by atoms with Crippen LogP contribution in [-0.4, -0.2) is 23.2 Å². The first-order valence-corrected chi connectivity index (χ1v) is 8.86. The van der Waals surface area contributed by atoms with Crippen LogP contribution in [0.2, 0.25) is 5.02 Å². The first kappa shape index (κ1) is 17.4. The van der Waals surface area contributed by atoms with Crippen molar-refractivity contribution in [2.45, 2.75) is 12.8 Å². The summed E-state index contributed by atoms with van der Waals surface area (Å²) in [6.07, 6.45) is 1.01. The Bertz CT molecular complexity index is 865. The molecule has 7 heteroatoms. The fraction of sp³-hybridized carbons (Fsp3) is 0.167. The Kier molecular flexibility index (Phi) is 5.63. The van der Waals surface area contributed by atoms with E-state index in [1.807, 2.05) is 42.5 Å². The van der Waals surface area contributed by atoms with Crippen LogP contribution in [-0.2, 0) is 11.2 Å². The van der Waals surface area contributed by atoms with Gasteiger partial charge in [0.25, 0.3) is 0 Å². The molecule has 0 bridgehead atoms. The lowest BCUT2D eigenvalue weighted by atomic mass is 10.1. The summed E-state index contributed by atoms with van der Waals surface area (Å²) in [5.74, 6) is 0.701. The molecule has 0 aliphatic carbocycles. The van der Waals surface area contributed by atoms with Crippen LogP contribution in [0.3, 0.4) is 0 Å². The van der Waals surface area contributed by atoms with Crippen LogP contribution in [0.15, 0.2) is 48.5 Å². The Balaban J connectivity index is 1.57. The predicted molar refractivity (Wildman–Crippen MR) is 100 cm³/mol. The van der Waals surface area contributed by atoms with Crippen molar-refractivity contribution in [2.75, 3.05) is 12.4 Å². The van der Waals surface area contributed by atoms with Crippen molar-refractivity contribution < 1.29 is 9.53 Å². The maximum absolute atomic E-state index is 12.1. The van der Waals surface area contributed by atoms with Gasteiger partial charge in [0.1, 0.15) is 5.75 Å². The topological polar surface area (TPSA) is 64.1 Å². The average molecular weight is 374 g/mol. The number of carbonyl (C=O) groups excluding carboxylic acids is 1. The van der Waals surface area contributed by atoms with Crippen molar-refractivity contribution in [3.05, 3.63) is 59.1 Å². The van der Waals surface area contributed by atoms with Crippen LogP contribution < -0.4 is 10.1 Å². The molecule has 1 N–H and O–H groups in total. The number of anilines is 1. The van der Waals surface area contributed by atoms with Gasteiger partial charge in [-0.25, -0.2) is 0 Å². The van der Waals surface area contributed by atoms with Crippen LogP contribution in [0.5, 0.6) is 5.75 Å². The third-order valence-electron chi connectivity index (χ3n) is 3.58. The van der Waals surface area contributed by atoms with Gasteiger partial charge in [0, 0.05) is 12.0 Å². The standard InChI is InChI=1S/C18H16ClN3O2S/c1-24-13-9-6-12(7-10-13)8-11-16(23)20-18-22-21-17(25-18)14-4-2-3-5-15(14)19/h2-7,9-10H,8,11H2,1H3,(H,20,22,23). The van der Waals surface area contributed by atoms with Gasteiger partial charge in [0.2, 0.25) is 11.0 Å². The smallest absolute Gasteiger partial charge is 0.226 e. The molecule has 0 aliphatic rings. The molecule has 0 atom stereocenters. The number of aromatic nitrogens is 2. The second-order valence-electron chi connectivity index (χ2n) is 5.29. The number of halogens is 1. The predicted octanol–water partition coefficient (Wildman–Crippen LogP) is 4.44. The summed E-state index contributed by atoms with van der Waals surface area (Å²) in [5.41, 5.74) is 1.88. The third-order valence-corrected chi connectivity index (χ3v) is 4.78. The normalized spacial score (nSPS) is 10.5. The summed E-state index contributed by atoms with van der Waals surface area (Å²) in [5, 5.41) is 12.6. The Morgan fingerprint density at radius 3 is 2.64 bits per heavy atom. The van der Waals surface area contributed by atoms with Gasteiger partial charge < -0.3 is 10.1 Å². The van der Waals surface area contributed by atoms with Crippen molar-refractivity contribution in [2.24, 2.45) is 0 Å². The van der Waals surface area contributed by atoms with Gasteiger partial charge in [0.15, 0.2) is 5.01 Å². The maximum Gasteiger partial charge on any atom is 0.226 e. The number of rotatable bonds is 6. The number of ether oxygens (including phenoxy) is 1. The van der Waals surface area contributed by atoms with Crippen LogP contribution in [0.4, 0.5) is 5.13 Å². The van der Waals surface area contributed by atoms with E-state index in [4.69, 9.17) is 16.3 Å². The van der Waals surface area contributed by atoms with Crippen molar-refractivity contribution in [3.8, 4) is 16.3 Å². The zero-order chi connectivity index (χ0) is 17.6. The number of hydrogen-bond donors (Lipinski definition) is 1. The molecule has 1 amide bonds. The second-order valence-corrected chi connectivity index (χ2v) is 6.67. The Hall–Kier alpha value is -2.44. The second kappa shape index (κ2) is 8.09. The molecule has 0 unspecified atom stereocenters. The molecular weight excluding hydrogens is 358 g/mol.